The Morgan fingerprint density at radius 1 is 1.04 bits per heavy atom. The van der Waals surface area contributed by atoms with Crippen molar-refractivity contribution in [2.75, 3.05) is 25.0 Å². The average molecular weight is 382 g/mol. The molecule has 0 saturated heterocycles. The fourth-order valence-electron chi connectivity index (χ4n) is 3.03. The van der Waals surface area contributed by atoms with Gasteiger partial charge >= 0.3 is 0 Å². The minimum absolute atomic E-state index is 0.154. The molecule has 3 rings (SSSR count). The number of nitrogens with zero attached hydrogens (tertiary/aromatic N) is 2. The first kappa shape index (κ1) is 19.4. The van der Waals surface area contributed by atoms with Crippen LogP contribution in [0, 0.1) is 0 Å². The van der Waals surface area contributed by atoms with Gasteiger partial charge in [0.15, 0.2) is 0 Å². The number of hydrogen-bond acceptors (Lipinski definition) is 4. The lowest BCUT2D eigenvalue weighted by atomic mass is 10.2. The van der Waals surface area contributed by atoms with Gasteiger partial charge in [0, 0.05) is 32.2 Å². The summed E-state index contributed by atoms with van der Waals surface area (Å²) in [6, 6.07) is 18.5. The predicted molar refractivity (Wildman–Crippen MR) is 115 cm³/mol. The van der Waals surface area contributed by atoms with Gasteiger partial charge in [0.25, 0.3) is 0 Å². The Labute approximate surface area is 165 Å². The Hall–Kier alpha value is -2.40. The quantitative estimate of drug-likeness (QED) is 0.520. The summed E-state index contributed by atoms with van der Waals surface area (Å²) in [6.45, 7) is 1.66. The molecule has 0 spiro atoms. The Balaban J connectivity index is 1.26. The highest BCUT2D eigenvalue weighted by atomic mass is 32.1. The fraction of sp³-hybridized carbons (Fsp3) is 0.364. The molecule has 0 aliphatic carbocycles. The van der Waals surface area contributed by atoms with E-state index in [2.05, 4.69) is 46.5 Å². The van der Waals surface area contributed by atoms with Gasteiger partial charge in [-0.05, 0) is 49.9 Å². The molecule has 1 amide bonds. The number of thiazole rings is 1. The van der Waals surface area contributed by atoms with Crippen LogP contribution in [0.3, 0.4) is 0 Å². The van der Waals surface area contributed by atoms with Gasteiger partial charge in [-0.2, -0.15) is 0 Å². The van der Waals surface area contributed by atoms with E-state index in [1.54, 1.807) is 11.3 Å². The van der Waals surface area contributed by atoms with Crippen molar-refractivity contribution in [2.45, 2.75) is 32.1 Å². The first-order valence-electron chi connectivity index (χ1n) is 9.60. The first-order chi connectivity index (χ1) is 13.2. The van der Waals surface area contributed by atoms with Gasteiger partial charge in [0.1, 0.15) is 0 Å². The lowest BCUT2D eigenvalue weighted by Gasteiger charge is -2.19. The minimum atomic E-state index is 0.154. The van der Waals surface area contributed by atoms with Gasteiger partial charge in [-0.15, -0.1) is 11.3 Å². The summed E-state index contributed by atoms with van der Waals surface area (Å²) in [5.41, 5.74) is 2.29. The van der Waals surface area contributed by atoms with Crippen LogP contribution in [-0.4, -0.2) is 31.0 Å². The number of carbonyl (C=O) groups is 1. The largest absolute Gasteiger partial charge is 0.375 e. The van der Waals surface area contributed by atoms with Crippen LogP contribution in [-0.2, 0) is 11.2 Å². The smallest absolute Gasteiger partial charge is 0.219 e. The summed E-state index contributed by atoms with van der Waals surface area (Å²) in [5, 5.41) is 4.20. The lowest BCUT2D eigenvalue weighted by Crippen LogP contribution is -2.27. The highest BCUT2D eigenvalue weighted by molar-refractivity contribution is 7.18. The molecule has 5 heteroatoms. The summed E-state index contributed by atoms with van der Waals surface area (Å²) in [6.07, 6.45) is 4.41. The van der Waals surface area contributed by atoms with Crippen molar-refractivity contribution in [1.29, 1.82) is 0 Å². The van der Waals surface area contributed by atoms with E-state index < -0.39 is 0 Å². The van der Waals surface area contributed by atoms with Gasteiger partial charge in [0.05, 0.1) is 15.2 Å². The van der Waals surface area contributed by atoms with Gasteiger partial charge in [0.2, 0.25) is 5.91 Å². The molecule has 1 aromatic heterocycles. The van der Waals surface area contributed by atoms with Crippen molar-refractivity contribution in [1.82, 2.24) is 10.3 Å². The summed E-state index contributed by atoms with van der Waals surface area (Å²) in [4.78, 5) is 18.8. The SMILES string of the molecule is CN(CCCNC(=O)CCCCc1nc2ccccc2s1)c1ccccc1. The molecule has 0 radical (unpaired) electrons. The van der Waals surface area contributed by atoms with Gasteiger partial charge < -0.3 is 10.2 Å². The van der Waals surface area contributed by atoms with Crippen LogP contribution in [0.15, 0.2) is 54.6 Å². The maximum absolute atomic E-state index is 12.0. The molecule has 2 aromatic carbocycles. The standard InChI is InChI=1S/C22H27N3OS/c1-25(18-10-3-2-4-11-18)17-9-16-23-21(26)14-7-8-15-22-24-19-12-5-6-13-20(19)27-22/h2-6,10-13H,7-9,14-17H2,1H3,(H,23,26). The second kappa shape index (κ2) is 10.1. The van der Waals surface area contributed by atoms with Crippen LogP contribution < -0.4 is 10.2 Å². The van der Waals surface area contributed by atoms with Crippen LogP contribution in [0.5, 0.6) is 0 Å². The number of benzene rings is 2. The van der Waals surface area contributed by atoms with Gasteiger partial charge in [-0.25, -0.2) is 4.98 Å². The van der Waals surface area contributed by atoms with Crippen molar-refractivity contribution < 1.29 is 4.79 Å². The molecule has 1 N–H and O–H groups in total. The number of para-hydroxylation sites is 2. The summed E-state index contributed by atoms with van der Waals surface area (Å²) in [5.74, 6) is 0.154. The van der Waals surface area contributed by atoms with E-state index in [-0.39, 0.29) is 5.91 Å². The number of anilines is 1. The van der Waals surface area contributed by atoms with Crippen molar-refractivity contribution in [3.8, 4) is 0 Å². The maximum Gasteiger partial charge on any atom is 0.219 e. The summed E-state index contributed by atoms with van der Waals surface area (Å²) in [7, 11) is 2.08. The van der Waals surface area contributed by atoms with Crippen LogP contribution in [0.2, 0.25) is 0 Å². The van der Waals surface area contributed by atoms with Crippen molar-refractivity contribution in [3.63, 3.8) is 0 Å². The monoisotopic (exact) mass is 381 g/mol. The van der Waals surface area contributed by atoms with E-state index in [1.807, 2.05) is 30.3 Å². The number of unbranched alkanes of at least 4 members (excludes halogenated alkanes) is 1. The second-order valence-corrected chi connectivity index (χ2v) is 7.86. The Morgan fingerprint density at radius 3 is 2.63 bits per heavy atom. The average Bonchev–Trinajstić information content (AvgIpc) is 3.12. The van der Waals surface area contributed by atoms with Crippen molar-refractivity contribution >= 4 is 33.1 Å². The molecule has 0 atom stereocenters. The van der Waals surface area contributed by atoms with Gasteiger partial charge in [-0.3, -0.25) is 4.79 Å². The van der Waals surface area contributed by atoms with Crippen LogP contribution >= 0.6 is 11.3 Å². The Kier molecular flexibility index (Phi) is 7.22. The van der Waals surface area contributed by atoms with E-state index in [0.717, 1.165) is 44.3 Å². The number of fused-ring (bicyclic) bond motifs is 1. The molecule has 4 nitrogen and oxygen atoms in total. The second-order valence-electron chi connectivity index (χ2n) is 6.74. The number of carbonyl (C=O) groups excluding carboxylic acids is 1. The molecule has 142 valence electrons. The molecule has 3 aromatic rings. The maximum atomic E-state index is 12.0. The third kappa shape index (κ3) is 6.07. The van der Waals surface area contributed by atoms with E-state index in [4.69, 9.17) is 0 Å². The molecule has 0 aliphatic rings. The van der Waals surface area contributed by atoms with E-state index >= 15 is 0 Å². The lowest BCUT2D eigenvalue weighted by molar-refractivity contribution is -0.121. The normalized spacial score (nSPS) is 10.9. The topological polar surface area (TPSA) is 45.2 Å². The molecule has 0 fully saturated rings. The van der Waals surface area contributed by atoms with E-state index in [9.17, 15) is 4.79 Å². The number of hydrogen-bond donors (Lipinski definition) is 1. The molecule has 1 heterocycles. The van der Waals surface area contributed by atoms with Crippen LogP contribution in [0.25, 0.3) is 10.2 Å². The molecule has 0 bridgehead atoms. The molecule has 0 aliphatic heterocycles. The summed E-state index contributed by atoms with van der Waals surface area (Å²) >= 11 is 1.76. The number of amides is 1. The molecule has 0 unspecified atom stereocenters. The summed E-state index contributed by atoms with van der Waals surface area (Å²) < 4.78 is 1.24. The minimum Gasteiger partial charge on any atom is -0.375 e. The highest BCUT2D eigenvalue weighted by Crippen LogP contribution is 2.22. The third-order valence-electron chi connectivity index (χ3n) is 4.57. The zero-order valence-corrected chi connectivity index (χ0v) is 16.7. The van der Waals surface area contributed by atoms with Crippen molar-refractivity contribution in [2.24, 2.45) is 0 Å². The predicted octanol–water partition coefficient (Wildman–Crippen LogP) is 4.65. The molecular weight excluding hydrogens is 354 g/mol. The van der Waals surface area contributed by atoms with Crippen LogP contribution in [0.1, 0.15) is 30.7 Å². The third-order valence-corrected chi connectivity index (χ3v) is 5.67. The number of rotatable bonds is 10. The molecule has 0 saturated carbocycles. The zero-order valence-electron chi connectivity index (χ0n) is 15.9. The zero-order chi connectivity index (χ0) is 18.9. The molecular formula is C22H27N3OS. The van der Waals surface area contributed by atoms with Crippen LogP contribution in [0.4, 0.5) is 5.69 Å². The molecule has 27 heavy (non-hydrogen) atoms. The number of nitrogens with one attached hydrogen (secondary N) is 1. The Morgan fingerprint density at radius 2 is 1.81 bits per heavy atom. The first-order valence-corrected chi connectivity index (χ1v) is 10.4. The Bertz CT molecular complexity index is 814. The number of aromatic nitrogens is 1. The van der Waals surface area contributed by atoms with Crippen molar-refractivity contribution in [3.05, 3.63) is 59.6 Å². The number of aryl methyl sites for hydroxylation is 1. The van der Waals surface area contributed by atoms with Gasteiger partial charge in [-0.1, -0.05) is 30.3 Å². The van der Waals surface area contributed by atoms with E-state index in [0.29, 0.717) is 6.42 Å². The van der Waals surface area contributed by atoms with E-state index in [1.165, 1.54) is 15.4 Å². The fourth-order valence-corrected chi connectivity index (χ4v) is 4.04. The highest BCUT2D eigenvalue weighted by Gasteiger charge is 2.05.